The number of anilines is 1. The first kappa shape index (κ1) is 19.0. The normalized spacial score (nSPS) is 10.5. The molecule has 0 aliphatic rings. The lowest BCUT2D eigenvalue weighted by atomic mass is 9.94. The van der Waals surface area contributed by atoms with Gasteiger partial charge in [0.15, 0.2) is 0 Å². The van der Waals surface area contributed by atoms with E-state index in [4.69, 9.17) is 10.5 Å². The molecule has 2 rings (SSSR count). The zero-order chi connectivity index (χ0) is 16.3. The fourth-order valence-electron chi connectivity index (χ4n) is 2.37. The number of ether oxygens (including phenoxy) is 1. The number of hydrogen-bond donors (Lipinski definition) is 1. The third kappa shape index (κ3) is 4.49. The zero-order valence-electron chi connectivity index (χ0n) is 14.0. The molecule has 3 nitrogen and oxygen atoms in total. The predicted molar refractivity (Wildman–Crippen MR) is 97.7 cm³/mol. The number of nitrogens with two attached hydrogens (primary N) is 1. The van der Waals surface area contributed by atoms with Crippen molar-refractivity contribution < 1.29 is 9.53 Å². The van der Waals surface area contributed by atoms with Gasteiger partial charge in [-0.05, 0) is 47.2 Å². The average Bonchev–Trinajstić information content (AvgIpc) is 2.47. The first-order chi connectivity index (χ1) is 10.4. The van der Waals surface area contributed by atoms with E-state index in [1.807, 2.05) is 18.2 Å². The molecule has 2 aromatic carbocycles. The van der Waals surface area contributed by atoms with Gasteiger partial charge in [-0.15, -0.1) is 12.4 Å². The Morgan fingerprint density at radius 1 is 0.913 bits per heavy atom. The van der Waals surface area contributed by atoms with Crippen LogP contribution in [0.5, 0.6) is 5.75 Å². The van der Waals surface area contributed by atoms with Crippen molar-refractivity contribution in [2.24, 2.45) is 0 Å². The van der Waals surface area contributed by atoms with Crippen LogP contribution in [-0.2, 0) is 0 Å². The molecule has 0 aromatic heterocycles. The van der Waals surface area contributed by atoms with Gasteiger partial charge in [0.05, 0.1) is 5.56 Å². The van der Waals surface area contributed by atoms with Crippen LogP contribution in [0.1, 0.15) is 61.0 Å². The van der Waals surface area contributed by atoms with E-state index in [0.29, 0.717) is 17.0 Å². The second kappa shape index (κ2) is 8.02. The number of hydrogen-bond acceptors (Lipinski definition) is 3. The van der Waals surface area contributed by atoms with Gasteiger partial charge in [0, 0.05) is 5.69 Å². The molecular weight excluding hydrogens is 310 g/mol. The van der Waals surface area contributed by atoms with Gasteiger partial charge < -0.3 is 10.5 Å². The SMILES string of the molecule is CC(C)c1cccc(C(C)C)c1OC(=O)c1ccc(N)cc1.Cl. The molecule has 0 heterocycles. The minimum absolute atomic E-state index is 0. The summed E-state index contributed by atoms with van der Waals surface area (Å²) >= 11 is 0. The molecule has 0 aliphatic heterocycles. The molecular formula is C19H24ClNO2. The molecule has 124 valence electrons. The molecule has 0 fully saturated rings. The van der Waals surface area contributed by atoms with E-state index in [1.54, 1.807) is 24.3 Å². The Morgan fingerprint density at radius 3 is 1.83 bits per heavy atom. The minimum Gasteiger partial charge on any atom is -0.422 e. The Morgan fingerprint density at radius 2 is 1.39 bits per heavy atom. The molecule has 0 saturated heterocycles. The van der Waals surface area contributed by atoms with Crippen LogP contribution in [0.2, 0.25) is 0 Å². The zero-order valence-corrected chi connectivity index (χ0v) is 14.8. The van der Waals surface area contributed by atoms with Crippen molar-refractivity contribution in [1.29, 1.82) is 0 Å². The Labute approximate surface area is 144 Å². The van der Waals surface area contributed by atoms with Crippen LogP contribution >= 0.6 is 12.4 Å². The van der Waals surface area contributed by atoms with Crippen LogP contribution in [0.4, 0.5) is 5.69 Å². The summed E-state index contributed by atoms with van der Waals surface area (Å²) in [5, 5.41) is 0. The van der Waals surface area contributed by atoms with E-state index in [0.717, 1.165) is 11.1 Å². The van der Waals surface area contributed by atoms with Crippen molar-refractivity contribution in [2.45, 2.75) is 39.5 Å². The maximum absolute atomic E-state index is 12.4. The number of benzene rings is 2. The number of esters is 1. The number of rotatable bonds is 4. The van der Waals surface area contributed by atoms with E-state index in [2.05, 4.69) is 27.7 Å². The van der Waals surface area contributed by atoms with Crippen molar-refractivity contribution in [3.63, 3.8) is 0 Å². The van der Waals surface area contributed by atoms with Crippen LogP contribution in [0.3, 0.4) is 0 Å². The standard InChI is InChI=1S/C19H23NO2.ClH/c1-12(2)16-6-5-7-17(13(3)4)18(16)22-19(21)14-8-10-15(20)11-9-14;/h5-13H,20H2,1-4H3;1H. The van der Waals surface area contributed by atoms with E-state index in [1.165, 1.54) is 0 Å². The Kier molecular flexibility index (Phi) is 6.64. The lowest BCUT2D eigenvalue weighted by Gasteiger charge is -2.18. The fourth-order valence-corrected chi connectivity index (χ4v) is 2.37. The van der Waals surface area contributed by atoms with E-state index >= 15 is 0 Å². The molecule has 0 amide bonds. The molecule has 0 bridgehead atoms. The van der Waals surface area contributed by atoms with Crippen LogP contribution in [-0.4, -0.2) is 5.97 Å². The summed E-state index contributed by atoms with van der Waals surface area (Å²) in [6.07, 6.45) is 0. The highest BCUT2D eigenvalue weighted by Crippen LogP contribution is 2.35. The lowest BCUT2D eigenvalue weighted by Crippen LogP contribution is -2.12. The molecule has 0 unspecified atom stereocenters. The summed E-state index contributed by atoms with van der Waals surface area (Å²) in [7, 11) is 0. The molecule has 23 heavy (non-hydrogen) atoms. The highest BCUT2D eigenvalue weighted by molar-refractivity contribution is 5.91. The van der Waals surface area contributed by atoms with Gasteiger partial charge >= 0.3 is 5.97 Å². The summed E-state index contributed by atoms with van der Waals surface area (Å²) in [6, 6.07) is 12.8. The number of nitrogen functional groups attached to an aromatic ring is 1. The van der Waals surface area contributed by atoms with Crippen molar-refractivity contribution in [1.82, 2.24) is 0 Å². The topological polar surface area (TPSA) is 52.3 Å². The van der Waals surface area contributed by atoms with Gasteiger partial charge in [0.25, 0.3) is 0 Å². The Bertz CT molecular complexity index is 637. The molecule has 4 heteroatoms. The summed E-state index contributed by atoms with van der Waals surface area (Å²) in [5.74, 6) is 0.908. The van der Waals surface area contributed by atoms with Gasteiger partial charge in [0.1, 0.15) is 5.75 Å². The van der Waals surface area contributed by atoms with Crippen LogP contribution < -0.4 is 10.5 Å². The van der Waals surface area contributed by atoms with Crippen LogP contribution in [0.25, 0.3) is 0 Å². The van der Waals surface area contributed by atoms with Crippen molar-refractivity contribution in [3.05, 3.63) is 59.2 Å². The van der Waals surface area contributed by atoms with E-state index < -0.39 is 0 Å². The Hall–Kier alpha value is -2.00. The first-order valence-corrected chi connectivity index (χ1v) is 7.60. The molecule has 0 radical (unpaired) electrons. The quantitative estimate of drug-likeness (QED) is 0.478. The minimum atomic E-state index is -0.352. The van der Waals surface area contributed by atoms with Crippen molar-refractivity contribution in [3.8, 4) is 5.75 Å². The number of carbonyl (C=O) groups excluding carboxylic acids is 1. The molecule has 2 N–H and O–H groups in total. The third-order valence-corrected chi connectivity index (χ3v) is 3.66. The molecule has 0 aliphatic carbocycles. The van der Waals surface area contributed by atoms with Gasteiger partial charge in [-0.3, -0.25) is 0 Å². The smallest absolute Gasteiger partial charge is 0.343 e. The van der Waals surface area contributed by atoms with Crippen molar-refractivity contribution in [2.75, 3.05) is 5.73 Å². The predicted octanol–water partition coefficient (Wildman–Crippen LogP) is 5.16. The second-order valence-electron chi connectivity index (χ2n) is 6.09. The highest BCUT2D eigenvalue weighted by atomic mass is 35.5. The highest BCUT2D eigenvalue weighted by Gasteiger charge is 2.18. The fraction of sp³-hybridized carbons (Fsp3) is 0.316. The summed E-state index contributed by atoms with van der Waals surface area (Å²) in [5.41, 5.74) is 8.89. The number of carbonyl (C=O) groups is 1. The van der Waals surface area contributed by atoms with Crippen molar-refractivity contribution >= 4 is 24.1 Å². The number of para-hydroxylation sites is 1. The van der Waals surface area contributed by atoms with Crippen LogP contribution in [0, 0.1) is 0 Å². The molecule has 0 saturated carbocycles. The lowest BCUT2D eigenvalue weighted by molar-refractivity contribution is 0.0731. The molecule has 2 aromatic rings. The van der Waals surface area contributed by atoms with Crippen LogP contribution in [0.15, 0.2) is 42.5 Å². The monoisotopic (exact) mass is 333 g/mol. The first-order valence-electron chi connectivity index (χ1n) is 7.60. The summed E-state index contributed by atoms with van der Waals surface area (Å²) < 4.78 is 5.75. The van der Waals surface area contributed by atoms with E-state index in [-0.39, 0.29) is 30.2 Å². The second-order valence-corrected chi connectivity index (χ2v) is 6.09. The summed E-state index contributed by atoms with van der Waals surface area (Å²) in [6.45, 7) is 8.39. The Balaban J connectivity index is 0.00000264. The third-order valence-electron chi connectivity index (χ3n) is 3.66. The maximum Gasteiger partial charge on any atom is 0.343 e. The average molecular weight is 334 g/mol. The number of halogens is 1. The molecule has 0 atom stereocenters. The van der Waals surface area contributed by atoms with Gasteiger partial charge in [-0.2, -0.15) is 0 Å². The van der Waals surface area contributed by atoms with Gasteiger partial charge in [0.2, 0.25) is 0 Å². The summed E-state index contributed by atoms with van der Waals surface area (Å²) in [4.78, 5) is 12.4. The molecule has 0 spiro atoms. The largest absolute Gasteiger partial charge is 0.422 e. The maximum atomic E-state index is 12.4. The van der Waals surface area contributed by atoms with E-state index in [9.17, 15) is 4.79 Å². The van der Waals surface area contributed by atoms with Gasteiger partial charge in [-0.1, -0.05) is 45.9 Å². The van der Waals surface area contributed by atoms with Gasteiger partial charge in [-0.25, -0.2) is 4.79 Å².